The summed E-state index contributed by atoms with van der Waals surface area (Å²) < 4.78 is 0. The summed E-state index contributed by atoms with van der Waals surface area (Å²) >= 11 is 0. The van der Waals surface area contributed by atoms with Gasteiger partial charge in [0.2, 0.25) is 5.91 Å². The van der Waals surface area contributed by atoms with Crippen LogP contribution < -0.4 is 16.4 Å². The molecule has 6 nitrogen and oxygen atoms in total. The molecule has 104 valence electrons. The maximum absolute atomic E-state index is 11.7. The number of nitrogens with two attached hydrogens (primary N) is 1. The van der Waals surface area contributed by atoms with Gasteiger partial charge in [0.05, 0.1) is 6.54 Å². The SMILES string of the molecule is CC(C)NC(=O)NC(=O)CN1CC(CN)CC1C. The standard InChI is InChI=1S/C12H24N4O2/c1-8(2)14-12(18)15-11(17)7-16-6-10(5-13)4-9(16)3/h8-10H,4-7,13H2,1-3H3,(H2,14,15,17,18). The Kier molecular flexibility index (Phi) is 5.55. The summed E-state index contributed by atoms with van der Waals surface area (Å²) in [6.07, 6.45) is 1.02. The Balaban J connectivity index is 2.34. The number of urea groups is 1. The number of hydrogen-bond acceptors (Lipinski definition) is 4. The van der Waals surface area contributed by atoms with Crippen LogP contribution in [0.1, 0.15) is 27.2 Å². The Morgan fingerprint density at radius 2 is 2.11 bits per heavy atom. The molecule has 1 fully saturated rings. The number of carbonyl (C=O) groups excluding carboxylic acids is 2. The first-order valence-corrected chi connectivity index (χ1v) is 6.46. The Morgan fingerprint density at radius 1 is 1.44 bits per heavy atom. The molecule has 0 aliphatic carbocycles. The third-order valence-corrected chi connectivity index (χ3v) is 3.14. The minimum atomic E-state index is -0.433. The van der Waals surface area contributed by atoms with Crippen molar-refractivity contribution in [3.8, 4) is 0 Å². The van der Waals surface area contributed by atoms with Crippen molar-refractivity contribution in [3.63, 3.8) is 0 Å². The lowest BCUT2D eigenvalue weighted by molar-refractivity contribution is -0.121. The van der Waals surface area contributed by atoms with Crippen LogP contribution in [0.3, 0.4) is 0 Å². The van der Waals surface area contributed by atoms with Crippen LogP contribution in [0.2, 0.25) is 0 Å². The maximum atomic E-state index is 11.7. The third-order valence-electron chi connectivity index (χ3n) is 3.14. The molecule has 1 rings (SSSR count). The zero-order valence-corrected chi connectivity index (χ0v) is 11.4. The number of rotatable bonds is 4. The fraction of sp³-hybridized carbons (Fsp3) is 0.833. The third kappa shape index (κ3) is 4.62. The van der Waals surface area contributed by atoms with E-state index >= 15 is 0 Å². The van der Waals surface area contributed by atoms with Gasteiger partial charge in [-0.2, -0.15) is 0 Å². The van der Waals surface area contributed by atoms with Gasteiger partial charge in [-0.25, -0.2) is 4.79 Å². The number of carbonyl (C=O) groups is 2. The largest absolute Gasteiger partial charge is 0.336 e. The molecule has 0 aromatic rings. The lowest BCUT2D eigenvalue weighted by atomic mass is 10.1. The Labute approximate surface area is 108 Å². The van der Waals surface area contributed by atoms with Gasteiger partial charge < -0.3 is 11.1 Å². The zero-order chi connectivity index (χ0) is 13.7. The molecule has 0 saturated carbocycles. The lowest BCUT2D eigenvalue weighted by Crippen LogP contribution is -2.47. The van der Waals surface area contributed by atoms with E-state index in [2.05, 4.69) is 22.5 Å². The van der Waals surface area contributed by atoms with Crippen LogP contribution in [-0.4, -0.2) is 48.6 Å². The molecule has 2 unspecified atom stereocenters. The van der Waals surface area contributed by atoms with Crippen LogP contribution in [0.25, 0.3) is 0 Å². The van der Waals surface area contributed by atoms with Gasteiger partial charge in [0.1, 0.15) is 0 Å². The molecule has 2 atom stereocenters. The van der Waals surface area contributed by atoms with Gasteiger partial charge in [0.25, 0.3) is 0 Å². The summed E-state index contributed by atoms with van der Waals surface area (Å²) in [7, 11) is 0. The van der Waals surface area contributed by atoms with Crippen molar-refractivity contribution in [1.29, 1.82) is 0 Å². The molecule has 1 aliphatic heterocycles. The van der Waals surface area contributed by atoms with Gasteiger partial charge >= 0.3 is 6.03 Å². The number of imide groups is 1. The van der Waals surface area contributed by atoms with Crippen LogP contribution in [0.4, 0.5) is 4.79 Å². The minimum absolute atomic E-state index is 0.0186. The van der Waals surface area contributed by atoms with Crippen LogP contribution in [0.15, 0.2) is 0 Å². The van der Waals surface area contributed by atoms with Crippen molar-refractivity contribution in [3.05, 3.63) is 0 Å². The summed E-state index contributed by atoms with van der Waals surface area (Å²) in [6.45, 7) is 7.50. The predicted molar refractivity (Wildman–Crippen MR) is 70.0 cm³/mol. The second-order valence-electron chi connectivity index (χ2n) is 5.29. The fourth-order valence-electron chi connectivity index (χ4n) is 2.26. The van der Waals surface area contributed by atoms with Gasteiger partial charge in [-0.05, 0) is 39.7 Å². The minimum Gasteiger partial charge on any atom is -0.336 e. The van der Waals surface area contributed by atoms with Gasteiger partial charge in [-0.3, -0.25) is 15.0 Å². The second kappa shape index (κ2) is 6.70. The summed E-state index contributed by atoms with van der Waals surface area (Å²) in [5, 5.41) is 4.95. The summed E-state index contributed by atoms with van der Waals surface area (Å²) in [6, 6.07) is -0.0696. The Hall–Kier alpha value is -1.14. The zero-order valence-electron chi connectivity index (χ0n) is 11.4. The van der Waals surface area contributed by atoms with Crippen LogP contribution in [0, 0.1) is 5.92 Å². The van der Waals surface area contributed by atoms with Gasteiger partial charge in [-0.1, -0.05) is 0 Å². The highest BCUT2D eigenvalue weighted by molar-refractivity contribution is 5.95. The van der Waals surface area contributed by atoms with Crippen molar-refractivity contribution >= 4 is 11.9 Å². The topological polar surface area (TPSA) is 87.5 Å². The molecule has 4 N–H and O–H groups in total. The monoisotopic (exact) mass is 256 g/mol. The van der Waals surface area contributed by atoms with Crippen LogP contribution in [-0.2, 0) is 4.79 Å². The molecule has 0 radical (unpaired) electrons. The molecule has 0 aromatic heterocycles. The maximum Gasteiger partial charge on any atom is 0.321 e. The van der Waals surface area contributed by atoms with E-state index in [4.69, 9.17) is 5.73 Å². The quantitative estimate of drug-likeness (QED) is 0.655. The molecule has 0 aromatic carbocycles. The van der Waals surface area contributed by atoms with Gasteiger partial charge in [-0.15, -0.1) is 0 Å². The average Bonchev–Trinajstić information content (AvgIpc) is 2.58. The summed E-state index contributed by atoms with van der Waals surface area (Å²) in [5.41, 5.74) is 5.63. The summed E-state index contributed by atoms with van der Waals surface area (Å²) in [5.74, 6) is 0.190. The lowest BCUT2D eigenvalue weighted by Gasteiger charge is -2.20. The van der Waals surface area contributed by atoms with E-state index in [1.54, 1.807) is 0 Å². The second-order valence-corrected chi connectivity index (χ2v) is 5.29. The number of nitrogens with zero attached hydrogens (tertiary/aromatic N) is 1. The molecular formula is C12H24N4O2. The molecule has 1 aliphatic rings. The first-order valence-electron chi connectivity index (χ1n) is 6.46. The number of nitrogens with one attached hydrogen (secondary N) is 2. The number of amides is 3. The van der Waals surface area contributed by atoms with E-state index in [1.807, 2.05) is 13.8 Å². The highest BCUT2D eigenvalue weighted by Gasteiger charge is 2.29. The average molecular weight is 256 g/mol. The molecule has 6 heteroatoms. The molecule has 0 bridgehead atoms. The van der Waals surface area contributed by atoms with Crippen molar-refractivity contribution in [2.24, 2.45) is 11.7 Å². The van der Waals surface area contributed by atoms with Crippen molar-refractivity contribution in [1.82, 2.24) is 15.5 Å². The van der Waals surface area contributed by atoms with Crippen LogP contribution in [0.5, 0.6) is 0 Å². The highest BCUT2D eigenvalue weighted by Crippen LogP contribution is 2.21. The molecule has 3 amide bonds. The van der Waals surface area contributed by atoms with E-state index in [0.717, 1.165) is 13.0 Å². The highest BCUT2D eigenvalue weighted by atomic mass is 16.2. The smallest absolute Gasteiger partial charge is 0.321 e. The fourth-order valence-corrected chi connectivity index (χ4v) is 2.26. The van der Waals surface area contributed by atoms with Crippen molar-refractivity contribution < 1.29 is 9.59 Å². The molecule has 1 heterocycles. The first kappa shape index (κ1) is 14.9. The number of likely N-dealkylation sites (tertiary alicyclic amines) is 1. The van der Waals surface area contributed by atoms with Gasteiger partial charge in [0.15, 0.2) is 0 Å². The Morgan fingerprint density at radius 3 is 2.61 bits per heavy atom. The predicted octanol–water partition coefficient (Wildman–Crippen LogP) is -0.110. The first-order chi connectivity index (χ1) is 8.42. The van der Waals surface area contributed by atoms with E-state index in [-0.39, 0.29) is 18.5 Å². The Bertz CT molecular complexity index is 306. The molecular weight excluding hydrogens is 232 g/mol. The van der Waals surface area contributed by atoms with E-state index in [9.17, 15) is 9.59 Å². The van der Waals surface area contributed by atoms with E-state index in [0.29, 0.717) is 18.5 Å². The van der Waals surface area contributed by atoms with Crippen LogP contribution >= 0.6 is 0 Å². The molecule has 1 saturated heterocycles. The molecule has 0 spiro atoms. The normalized spacial score (nSPS) is 24.3. The van der Waals surface area contributed by atoms with Crippen molar-refractivity contribution in [2.45, 2.75) is 39.3 Å². The molecule has 18 heavy (non-hydrogen) atoms. The summed E-state index contributed by atoms with van der Waals surface area (Å²) in [4.78, 5) is 25.1. The van der Waals surface area contributed by atoms with E-state index < -0.39 is 6.03 Å². The van der Waals surface area contributed by atoms with E-state index in [1.165, 1.54) is 0 Å². The number of hydrogen-bond donors (Lipinski definition) is 3. The van der Waals surface area contributed by atoms with Crippen molar-refractivity contribution in [2.75, 3.05) is 19.6 Å². The van der Waals surface area contributed by atoms with Gasteiger partial charge in [0, 0.05) is 18.6 Å².